The Morgan fingerprint density at radius 1 is 0.938 bits per heavy atom. The molecule has 0 saturated carbocycles. The molecule has 1 heteroatoms. The largest absolute Gasteiger partial charge is 0.317 e. The Hall–Kier alpha value is -0.300. The van der Waals surface area contributed by atoms with Crippen LogP contribution in [0.2, 0.25) is 0 Å². The van der Waals surface area contributed by atoms with Crippen molar-refractivity contribution in [3.63, 3.8) is 0 Å². The summed E-state index contributed by atoms with van der Waals surface area (Å²) in [6.07, 6.45) is 11.4. The summed E-state index contributed by atoms with van der Waals surface area (Å²) in [4.78, 5) is 0. The highest BCUT2D eigenvalue weighted by Crippen LogP contribution is 2.41. The lowest BCUT2D eigenvalue weighted by Crippen LogP contribution is -2.24. The third kappa shape index (κ3) is 5.69. The molecule has 0 radical (unpaired) electrons. The predicted molar refractivity (Wildman–Crippen MR) is 72.7 cm³/mol. The molecule has 1 N–H and O–H groups in total. The van der Waals surface area contributed by atoms with Crippen LogP contribution >= 0.6 is 0 Å². The Labute approximate surface area is 102 Å². The quantitative estimate of drug-likeness (QED) is 0.608. The summed E-state index contributed by atoms with van der Waals surface area (Å²) in [6, 6.07) is 0. The SMILES string of the molecule is C1CCNCC1.CC1(C)C=CCC(C)(C)C1. The van der Waals surface area contributed by atoms with Crippen molar-refractivity contribution in [2.45, 2.75) is 59.8 Å². The number of allylic oxidation sites excluding steroid dienone is 2. The third-order valence-electron chi connectivity index (χ3n) is 3.38. The normalized spacial score (nSPS) is 26.8. The van der Waals surface area contributed by atoms with Gasteiger partial charge in [0, 0.05) is 0 Å². The first-order valence-corrected chi connectivity index (χ1v) is 6.80. The lowest BCUT2D eigenvalue weighted by molar-refractivity contribution is 0.223. The minimum absolute atomic E-state index is 0.432. The molecule has 1 fully saturated rings. The summed E-state index contributed by atoms with van der Waals surface area (Å²) in [5.41, 5.74) is 0.958. The Morgan fingerprint density at radius 3 is 1.81 bits per heavy atom. The second kappa shape index (κ2) is 5.86. The van der Waals surface area contributed by atoms with Gasteiger partial charge in [-0.1, -0.05) is 46.3 Å². The van der Waals surface area contributed by atoms with E-state index in [0.29, 0.717) is 10.8 Å². The van der Waals surface area contributed by atoms with Crippen molar-refractivity contribution < 1.29 is 0 Å². The van der Waals surface area contributed by atoms with Crippen molar-refractivity contribution in [3.05, 3.63) is 12.2 Å². The average Bonchev–Trinajstić information content (AvgIpc) is 2.17. The predicted octanol–water partition coefficient (Wildman–Crippen LogP) is 4.15. The monoisotopic (exact) mass is 223 g/mol. The van der Waals surface area contributed by atoms with Crippen LogP contribution in [0.5, 0.6) is 0 Å². The molecule has 94 valence electrons. The van der Waals surface area contributed by atoms with Crippen LogP contribution in [-0.2, 0) is 0 Å². The van der Waals surface area contributed by atoms with Crippen LogP contribution in [0.15, 0.2) is 12.2 Å². The number of piperidine rings is 1. The highest BCUT2D eigenvalue weighted by atomic mass is 14.9. The molecule has 0 atom stereocenters. The zero-order valence-electron chi connectivity index (χ0n) is 11.6. The molecule has 1 saturated heterocycles. The fourth-order valence-corrected chi connectivity index (χ4v) is 2.86. The molecule has 0 bridgehead atoms. The maximum Gasteiger partial charge on any atom is -0.00489 e. The molecule has 0 unspecified atom stereocenters. The first kappa shape index (κ1) is 13.8. The van der Waals surface area contributed by atoms with Crippen molar-refractivity contribution in [2.75, 3.05) is 13.1 Å². The van der Waals surface area contributed by atoms with Crippen LogP contribution < -0.4 is 5.32 Å². The van der Waals surface area contributed by atoms with E-state index in [1.54, 1.807) is 0 Å². The van der Waals surface area contributed by atoms with Crippen molar-refractivity contribution in [3.8, 4) is 0 Å². The second-order valence-electron chi connectivity index (χ2n) is 6.75. The molecule has 2 rings (SSSR count). The van der Waals surface area contributed by atoms with Gasteiger partial charge in [-0.25, -0.2) is 0 Å². The van der Waals surface area contributed by atoms with Crippen LogP contribution in [0, 0.1) is 10.8 Å². The second-order valence-corrected chi connectivity index (χ2v) is 6.75. The van der Waals surface area contributed by atoms with Gasteiger partial charge in [0.1, 0.15) is 0 Å². The van der Waals surface area contributed by atoms with Crippen LogP contribution in [0.4, 0.5) is 0 Å². The van der Waals surface area contributed by atoms with Gasteiger partial charge >= 0.3 is 0 Å². The van der Waals surface area contributed by atoms with E-state index in [0.717, 1.165) is 0 Å². The van der Waals surface area contributed by atoms with E-state index in [4.69, 9.17) is 0 Å². The van der Waals surface area contributed by atoms with E-state index in [1.807, 2.05) is 0 Å². The average molecular weight is 223 g/mol. The van der Waals surface area contributed by atoms with Crippen molar-refractivity contribution in [2.24, 2.45) is 10.8 Å². The van der Waals surface area contributed by atoms with Gasteiger partial charge in [-0.15, -0.1) is 0 Å². The van der Waals surface area contributed by atoms with Crippen LogP contribution in [0.3, 0.4) is 0 Å². The minimum Gasteiger partial charge on any atom is -0.317 e. The summed E-state index contributed by atoms with van der Waals surface area (Å²) in [7, 11) is 0. The van der Waals surface area contributed by atoms with E-state index in [2.05, 4.69) is 45.2 Å². The number of hydrogen-bond donors (Lipinski definition) is 1. The Kier molecular flexibility index (Phi) is 5.04. The van der Waals surface area contributed by atoms with Gasteiger partial charge in [0.05, 0.1) is 0 Å². The molecule has 0 aromatic heterocycles. The molecule has 1 nitrogen and oxygen atoms in total. The Morgan fingerprint density at radius 2 is 1.56 bits per heavy atom. The van der Waals surface area contributed by atoms with E-state index < -0.39 is 0 Å². The summed E-state index contributed by atoms with van der Waals surface area (Å²) >= 11 is 0. The number of nitrogens with one attached hydrogen (secondary N) is 1. The fraction of sp³-hybridized carbons (Fsp3) is 0.867. The van der Waals surface area contributed by atoms with Crippen molar-refractivity contribution >= 4 is 0 Å². The smallest absolute Gasteiger partial charge is 0.00489 e. The van der Waals surface area contributed by atoms with Crippen molar-refractivity contribution in [1.82, 2.24) is 5.32 Å². The summed E-state index contributed by atoms with van der Waals surface area (Å²) < 4.78 is 0. The highest BCUT2D eigenvalue weighted by molar-refractivity contribution is 5.04. The van der Waals surface area contributed by atoms with E-state index in [-0.39, 0.29) is 0 Å². The Balaban J connectivity index is 0.000000181. The molecule has 0 aromatic carbocycles. The first-order chi connectivity index (χ1) is 7.41. The van der Waals surface area contributed by atoms with Gasteiger partial charge < -0.3 is 5.32 Å². The lowest BCUT2D eigenvalue weighted by atomic mass is 9.69. The maximum atomic E-state index is 3.28. The summed E-state index contributed by atoms with van der Waals surface area (Å²) in [5.74, 6) is 0. The number of rotatable bonds is 0. The first-order valence-electron chi connectivity index (χ1n) is 6.80. The topological polar surface area (TPSA) is 12.0 Å². The van der Waals surface area contributed by atoms with Crippen LogP contribution in [-0.4, -0.2) is 13.1 Å². The van der Waals surface area contributed by atoms with E-state index in [1.165, 1.54) is 45.2 Å². The third-order valence-corrected chi connectivity index (χ3v) is 3.38. The molecular weight excluding hydrogens is 194 g/mol. The lowest BCUT2D eigenvalue weighted by Gasteiger charge is -2.36. The van der Waals surface area contributed by atoms with Gasteiger partial charge in [0.15, 0.2) is 0 Å². The van der Waals surface area contributed by atoms with E-state index >= 15 is 0 Å². The number of hydrogen-bond acceptors (Lipinski definition) is 1. The van der Waals surface area contributed by atoms with Gasteiger partial charge in [0.25, 0.3) is 0 Å². The van der Waals surface area contributed by atoms with Crippen molar-refractivity contribution in [1.29, 1.82) is 0 Å². The zero-order chi connectivity index (χ0) is 12.1. The van der Waals surface area contributed by atoms with E-state index in [9.17, 15) is 0 Å². The highest BCUT2D eigenvalue weighted by Gasteiger charge is 2.28. The van der Waals surface area contributed by atoms with Crippen LogP contribution in [0.25, 0.3) is 0 Å². The van der Waals surface area contributed by atoms with Gasteiger partial charge in [-0.05, 0) is 49.6 Å². The zero-order valence-corrected chi connectivity index (χ0v) is 11.6. The van der Waals surface area contributed by atoms with Crippen LogP contribution in [0.1, 0.15) is 59.8 Å². The molecular formula is C15H29N. The molecule has 2 aliphatic rings. The Bertz CT molecular complexity index is 210. The molecule has 0 spiro atoms. The van der Waals surface area contributed by atoms with Gasteiger partial charge in [-0.3, -0.25) is 0 Å². The summed E-state index contributed by atoms with van der Waals surface area (Å²) in [6.45, 7) is 11.8. The minimum atomic E-state index is 0.432. The fourth-order valence-electron chi connectivity index (χ4n) is 2.86. The molecule has 0 aromatic rings. The molecule has 16 heavy (non-hydrogen) atoms. The standard InChI is InChI=1S/C10H18.C5H11N/c1-9(2)6-5-7-10(3,4)8-9;1-2-4-6-5-3-1/h5-6H,7-8H2,1-4H3;6H,1-5H2. The summed E-state index contributed by atoms with van der Waals surface area (Å²) in [5, 5.41) is 3.28. The maximum absolute atomic E-state index is 3.28. The molecule has 1 heterocycles. The molecule has 1 aliphatic heterocycles. The molecule has 0 amide bonds. The van der Waals surface area contributed by atoms with Gasteiger partial charge in [0.2, 0.25) is 0 Å². The van der Waals surface area contributed by atoms with Gasteiger partial charge in [-0.2, -0.15) is 0 Å². The molecule has 1 aliphatic carbocycles.